The van der Waals surface area contributed by atoms with E-state index in [4.69, 9.17) is 4.74 Å². The largest absolute Gasteiger partial charge is 0.450 e. The summed E-state index contributed by atoms with van der Waals surface area (Å²) in [6.07, 6.45) is -0.528. The number of hydrogen-bond acceptors (Lipinski definition) is 7. The lowest BCUT2D eigenvalue weighted by atomic mass is 10.1. The average molecular weight is 519 g/mol. The van der Waals surface area contributed by atoms with Crippen molar-refractivity contribution in [3.63, 3.8) is 0 Å². The first-order chi connectivity index (χ1) is 18.4. The molecule has 2 aromatic carbocycles. The molecule has 1 aliphatic rings. The molecule has 1 aromatic heterocycles. The van der Waals surface area contributed by atoms with Gasteiger partial charge in [-0.1, -0.05) is 36.4 Å². The van der Waals surface area contributed by atoms with E-state index >= 15 is 0 Å². The van der Waals surface area contributed by atoms with Crippen molar-refractivity contribution in [3.05, 3.63) is 82.1 Å². The van der Waals surface area contributed by atoms with Crippen molar-refractivity contribution in [1.82, 2.24) is 24.9 Å². The van der Waals surface area contributed by atoms with Gasteiger partial charge in [-0.3, -0.25) is 19.8 Å². The third kappa shape index (κ3) is 7.74. The van der Waals surface area contributed by atoms with Gasteiger partial charge in [0.25, 0.3) is 5.56 Å². The zero-order valence-corrected chi connectivity index (χ0v) is 21.9. The number of aromatic nitrogens is 2. The molecule has 2 heterocycles. The van der Waals surface area contributed by atoms with Crippen LogP contribution in [0.3, 0.4) is 0 Å². The minimum Gasteiger partial charge on any atom is -0.450 e. The number of hydrogen-bond donors (Lipinski definition) is 2. The molecule has 0 unspecified atom stereocenters. The lowest BCUT2D eigenvalue weighted by Crippen LogP contribution is -2.48. The molecule has 10 nitrogen and oxygen atoms in total. The highest BCUT2D eigenvalue weighted by atomic mass is 16.5. The Bertz CT molecular complexity index is 1300. The number of anilines is 1. The summed E-state index contributed by atoms with van der Waals surface area (Å²) in [6.45, 7) is 6.92. The molecule has 4 rings (SSSR count). The number of amides is 2. The lowest BCUT2D eigenvalue weighted by Gasteiger charge is -2.31. The van der Waals surface area contributed by atoms with Crippen molar-refractivity contribution in [2.24, 2.45) is 0 Å². The monoisotopic (exact) mass is 518 g/mol. The number of benzene rings is 2. The molecule has 1 fully saturated rings. The van der Waals surface area contributed by atoms with E-state index in [1.807, 2.05) is 30.3 Å². The standard InChI is InChI=1S/C28H34N6O4/c1-3-38-28(37)30-24-6-4-5-22(17-24)19-34-27(36)12-11-25(31-34)23-9-7-21(8-10-23)18-29-26(35)20-33-15-13-32(2)14-16-33/h4-12,17H,3,13-16,18-20H2,1-2H3,(H,29,35)(H,30,37). The first-order valence-electron chi connectivity index (χ1n) is 12.8. The number of nitrogens with one attached hydrogen (secondary N) is 2. The van der Waals surface area contributed by atoms with Crippen LogP contribution in [0.15, 0.2) is 65.5 Å². The predicted molar refractivity (Wildman–Crippen MR) is 146 cm³/mol. The van der Waals surface area contributed by atoms with E-state index in [0.29, 0.717) is 24.5 Å². The van der Waals surface area contributed by atoms with Gasteiger partial charge in [0.1, 0.15) is 0 Å². The smallest absolute Gasteiger partial charge is 0.411 e. The second kappa shape index (κ2) is 13.0. The van der Waals surface area contributed by atoms with E-state index in [1.165, 1.54) is 10.7 Å². The topological polar surface area (TPSA) is 109 Å². The summed E-state index contributed by atoms with van der Waals surface area (Å²) >= 11 is 0. The molecular formula is C28H34N6O4. The fourth-order valence-corrected chi connectivity index (χ4v) is 4.18. The van der Waals surface area contributed by atoms with Crippen molar-refractivity contribution < 1.29 is 14.3 Å². The summed E-state index contributed by atoms with van der Waals surface area (Å²) in [5, 5.41) is 10.2. The molecule has 0 atom stereocenters. The number of ether oxygens (including phenoxy) is 1. The fraction of sp³-hybridized carbons (Fsp3) is 0.357. The van der Waals surface area contributed by atoms with E-state index in [0.717, 1.165) is 42.9 Å². The summed E-state index contributed by atoms with van der Waals surface area (Å²) in [5.41, 5.74) is 3.68. The summed E-state index contributed by atoms with van der Waals surface area (Å²) in [6, 6.07) is 18.2. The Morgan fingerprint density at radius 3 is 2.47 bits per heavy atom. The molecule has 38 heavy (non-hydrogen) atoms. The van der Waals surface area contributed by atoms with Crippen LogP contribution in [0, 0.1) is 0 Å². The third-order valence-corrected chi connectivity index (χ3v) is 6.35. The van der Waals surface area contributed by atoms with Gasteiger partial charge in [-0.25, -0.2) is 9.48 Å². The van der Waals surface area contributed by atoms with Crippen LogP contribution in [0.2, 0.25) is 0 Å². The van der Waals surface area contributed by atoms with E-state index in [1.54, 1.807) is 31.2 Å². The number of rotatable bonds is 9. The van der Waals surface area contributed by atoms with Gasteiger partial charge in [0.2, 0.25) is 5.91 Å². The van der Waals surface area contributed by atoms with Crippen molar-refractivity contribution in [1.29, 1.82) is 0 Å². The zero-order chi connectivity index (χ0) is 26.9. The molecule has 0 bridgehead atoms. The Morgan fingerprint density at radius 1 is 0.974 bits per heavy atom. The lowest BCUT2D eigenvalue weighted by molar-refractivity contribution is -0.122. The molecule has 10 heteroatoms. The van der Waals surface area contributed by atoms with Crippen LogP contribution >= 0.6 is 0 Å². The van der Waals surface area contributed by atoms with Gasteiger partial charge in [-0.15, -0.1) is 0 Å². The molecule has 0 aliphatic carbocycles. The van der Waals surface area contributed by atoms with E-state index in [9.17, 15) is 14.4 Å². The number of piperazine rings is 1. The maximum absolute atomic E-state index is 12.5. The second-order valence-corrected chi connectivity index (χ2v) is 9.31. The minimum absolute atomic E-state index is 0.0221. The van der Waals surface area contributed by atoms with Crippen LogP contribution in [-0.2, 0) is 22.6 Å². The highest BCUT2D eigenvalue weighted by Crippen LogP contribution is 2.17. The molecule has 0 saturated carbocycles. The third-order valence-electron chi connectivity index (χ3n) is 6.35. The molecule has 3 aromatic rings. The molecule has 1 aliphatic heterocycles. The average Bonchev–Trinajstić information content (AvgIpc) is 2.91. The van der Waals surface area contributed by atoms with Gasteiger partial charge in [0.05, 0.1) is 25.4 Å². The van der Waals surface area contributed by atoms with Crippen LogP contribution in [0.5, 0.6) is 0 Å². The summed E-state index contributed by atoms with van der Waals surface area (Å²) < 4.78 is 6.31. The number of nitrogens with zero attached hydrogens (tertiary/aromatic N) is 4. The first kappa shape index (κ1) is 27.0. The van der Waals surface area contributed by atoms with E-state index in [2.05, 4.69) is 32.6 Å². The van der Waals surface area contributed by atoms with Gasteiger partial charge in [-0.2, -0.15) is 5.10 Å². The van der Waals surface area contributed by atoms with E-state index < -0.39 is 6.09 Å². The minimum atomic E-state index is -0.528. The van der Waals surface area contributed by atoms with Gasteiger partial charge < -0.3 is 15.0 Å². The highest BCUT2D eigenvalue weighted by Gasteiger charge is 2.16. The maximum atomic E-state index is 12.5. The van der Waals surface area contributed by atoms with Crippen LogP contribution in [-0.4, -0.2) is 78.0 Å². The van der Waals surface area contributed by atoms with Gasteiger partial charge in [0, 0.05) is 50.0 Å². The second-order valence-electron chi connectivity index (χ2n) is 9.31. The summed E-state index contributed by atoms with van der Waals surface area (Å²) in [4.78, 5) is 41.0. The molecule has 0 spiro atoms. The summed E-state index contributed by atoms with van der Waals surface area (Å²) in [7, 11) is 2.09. The van der Waals surface area contributed by atoms with Crippen LogP contribution < -0.4 is 16.2 Å². The number of carbonyl (C=O) groups excluding carboxylic acids is 2. The van der Waals surface area contributed by atoms with Crippen molar-refractivity contribution >= 4 is 17.7 Å². The maximum Gasteiger partial charge on any atom is 0.411 e. The SMILES string of the molecule is CCOC(=O)Nc1cccc(Cn2nc(-c3ccc(CNC(=O)CN4CCN(C)CC4)cc3)ccc2=O)c1. The van der Waals surface area contributed by atoms with Crippen LogP contribution in [0.4, 0.5) is 10.5 Å². The van der Waals surface area contributed by atoms with Gasteiger partial charge in [0.15, 0.2) is 0 Å². The molecule has 2 N–H and O–H groups in total. The van der Waals surface area contributed by atoms with Crippen LogP contribution in [0.25, 0.3) is 11.3 Å². The van der Waals surface area contributed by atoms with Crippen molar-refractivity contribution in [2.45, 2.75) is 20.0 Å². The Balaban J connectivity index is 1.36. The van der Waals surface area contributed by atoms with Crippen molar-refractivity contribution in [2.75, 3.05) is 51.7 Å². The first-order valence-corrected chi connectivity index (χ1v) is 12.8. The Morgan fingerprint density at radius 2 is 1.74 bits per heavy atom. The number of carbonyl (C=O) groups is 2. The molecule has 200 valence electrons. The Kier molecular flexibility index (Phi) is 9.23. The fourth-order valence-electron chi connectivity index (χ4n) is 4.18. The molecule has 1 saturated heterocycles. The van der Waals surface area contributed by atoms with E-state index in [-0.39, 0.29) is 24.6 Å². The molecule has 2 amide bonds. The normalized spacial score (nSPS) is 14.2. The predicted octanol–water partition coefficient (Wildman–Crippen LogP) is 2.39. The van der Waals surface area contributed by atoms with Gasteiger partial charge >= 0.3 is 6.09 Å². The summed E-state index contributed by atoms with van der Waals surface area (Å²) in [5.74, 6) is 0.0221. The number of likely N-dealkylation sites (N-methyl/N-ethyl adjacent to an activating group) is 1. The zero-order valence-electron chi connectivity index (χ0n) is 21.9. The molecule has 0 radical (unpaired) electrons. The molecular weight excluding hydrogens is 484 g/mol. The van der Waals surface area contributed by atoms with Crippen molar-refractivity contribution in [3.8, 4) is 11.3 Å². The Labute approximate surface area is 222 Å². The highest BCUT2D eigenvalue weighted by molar-refractivity contribution is 5.84. The Hall–Kier alpha value is -4.02. The van der Waals surface area contributed by atoms with Gasteiger partial charge in [-0.05, 0) is 43.3 Å². The van der Waals surface area contributed by atoms with Crippen LogP contribution in [0.1, 0.15) is 18.1 Å². The quantitative estimate of drug-likeness (QED) is 0.448.